The number of anilines is 1. The first-order chi connectivity index (χ1) is 11.8. The number of ether oxygens (including phenoxy) is 1. The van der Waals surface area contributed by atoms with E-state index in [1.165, 1.54) is 24.3 Å². The summed E-state index contributed by atoms with van der Waals surface area (Å²) >= 11 is 0. The van der Waals surface area contributed by atoms with Crippen LogP contribution in [0.4, 0.5) is 11.4 Å². The fraction of sp³-hybridized carbons (Fsp3) is 0.222. The lowest BCUT2D eigenvalue weighted by molar-refractivity contribution is -0.384. The van der Waals surface area contributed by atoms with E-state index in [0.717, 1.165) is 16.7 Å². The Balaban J connectivity index is 1.85. The van der Waals surface area contributed by atoms with Crippen LogP contribution in [0, 0.1) is 24.0 Å². The van der Waals surface area contributed by atoms with E-state index in [1.54, 1.807) is 0 Å². The number of non-ortho nitro benzene ring substituents is 1. The molecular formula is C18H18N2O5. The van der Waals surface area contributed by atoms with Crippen LogP contribution >= 0.6 is 0 Å². The molecule has 7 nitrogen and oxygen atoms in total. The number of carbonyl (C=O) groups excluding carboxylic acids is 2. The van der Waals surface area contributed by atoms with Gasteiger partial charge in [-0.1, -0.05) is 24.3 Å². The van der Waals surface area contributed by atoms with Crippen molar-refractivity contribution in [1.82, 2.24) is 0 Å². The number of esters is 1. The second-order valence-corrected chi connectivity index (χ2v) is 5.61. The second kappa shape index (κ2) is 8.05. The summed E-state index contributed by atoms with van der Waals surface area (Å²) in [6.45, 7) is 3.48. The zero-order valence-electron chi connectivity index (χ0n) is 13.9. The van der Waals surface area contributed by atoms with Crippen molar-refractivity contribution in [2.24, 2.45) is 0 Å². The number of nitrogens with one attached hydrogen (secondary N) is 1. The van der Waals surface area contributed by atoms with Crippen molar-refractivity contribution >= 4 is 23.3 Å². The van der Waals surface area contributed by atoms with Crippen molar-refractivity contribution in [2.45, 2.75) is 20.3 Å². The average Bonchev–Trinajstić information content (AvgIpc) is 2.56. The highest BCUT2D eigenvalue weighted by Crippen LogP contribution is 2.17. The molecule has 0 unspecified atom stereocenters. The van der Waals surface area contributed by atoms with Crippen molar-refractivity contribution < 1.29 is 19.2 Å². The number of hydrogen-bond donors (Lipinski definition) is 1. The summed E-state index contributed by atoms with van der Waals surface area (Å²) in [5, 5.41) is 13.1. The number of carbonyl (C=O) groups is 2. The van der Waals surface area contributed by atoms with Crippen LogP contribution in [-0.2, 0) is 20.7 Å². The zero-order chi connectivity index (χ0) is 18.4. The van der Waals surface area contributed by atoms with E-state index in [-0.39, 0.29) is 17.8 Å². The van der Waals surface area contributed by atoms with Gasteiger partial charge in [0.25, 0.3) is 11.6 Å². The summed E-state index contributed by atoms with van der Waals surface area (Å²) in [6.07, 6.45) is 0.0746. The van der Waals surface area contributed by atoms with Gasteiger partial charge in [0.05, 0.1) is 11.3 Å². The third-order valence-corrected chi connectivity index (χ3v) is 3.62. The third kappa shape index (κ3) is 5.42. The van der Waals surface area contributed by atoms with E-state index in [2.05, 4.69) is 5.32 Å². The Kier molecular flexibility index (Phi) is 5.84. The fourth-order valence-corrected chi connectivity index (χ4v) is 2.17. The minimum atomic E-state index is -0.561. The molecule has 0 aliphatic heterocycles. The lowest BCUT2D eigenvalue weighted by atomic mass is 10.0. The molecule has 2 aromatic carbocycles. The van der Waals surface area contributed by atoms with Gasteiger partial charge in [-0.25, -0.2) is 0 Å². The molecule has 0 atom stereocenters. The number of hydrogen-bond acceptors (Lipinski definition) is 5. The SMILES string of the molecule is Cc1ccc(CC(=O)OCC(=O)Nc2cccc([N+](=O)[O-])c2)cc1C. The molecule has 0 fully saturated rings. The number of rotatable bonds is 6. The number of amides is 1. The first-order valence-corrected chi connectivity index (χ1v) is 7.61. The first-order valence-electron chi connectivity index (χ1n) is 7.61. The summed E-state index contributed by atoms with van der Waals surface area (Å²) in [7, 11) is 0. The van der Waals surface area contributed by atoms with E-state index in [1.807, 2.05) is 32.0 Å². The molecule has 130 valence electrons. The van der Waals surface area contributed by atoms with E-state index < -0.39 is 23.4 Å². The van der Waals surface area contributed by atoms with Crippen LogP contribution in [0.1, 0.15) is 16.7 Å². The molecule has 0 aromatic heterocycles. The minimum Gasteiger partial charge on any atom is -0.455 e. The van der Waals surface area contributed by atoms with Gasteiger partial charge in [-0.05, 0) is 36.6 Å². The lowest BCUT2D eigenvalue weighted by Crippen LogP contribution is -2.21. The highest BCUT2D eigenvalue weighted by Gasteiger charge is 2.11. The van der Waals surface area contributed by atoms with Crippen LogP contribution in [0.25, 0.3) is 0 Å². The summed E-state index contributed by atoms with van der Waals surface area (Å²) in [6, 6.07) is 11.2. The predicted octanol–water partition coefficient (Wildman–Crippen LogP) is 2.94. The van der Waals surface area contributed by atoms with Crippen molar-refractivity contribution in [3.63, 3.8) is 0 Å². The second-order valence-electron chi connectivity index (χ2n) is 5.61. The minimum absolute atomic E-state index is 0.0746. The number of nitrogens with zero attached hydrogens (tertiary/aromatic N) is 1. The summed E-state index contributed by atoms with van der Waals surface area (Å²) < 4.78 is 4.94. The molecule has 1 amide bonds. The van der Waals surface area contributed by atoms with E-state index in [4.69, 9.17) is 4.74 Å². The number of benzene rings is 2. The molecule has 0 saturated carbocycles. The highest BCUT2D eigenvalue weighted by atomic mass is 16.6. The molecule has 0 aliphatic carbocycles. The standard InChI is InChI=1S/C18H18N2O5/c1-12-6-7-14(8-13(12)2)9-18(22)25-11-17(21)19-15-4-3-5-16(10-15)20(23)24/h3-8,10H,9,11H2,1-2H3,(H,19,21). The van der Waals surface area contributed by atoms with Crippen molar-refractivity contribution in [2.75, 3.05) is 11.9 Å². The maximum atomic E-state index is 11.8. The van der Waals surface area contributed by atoms with E-state index in [0.29, 0.717) is 0 Å². The van der Waals surface area contributed by atoms with Gasteiger partial charge in [0.15, 0.2) is 6.61 Å². The third-order valence-electron chi connectivity index (χ3n) is 3.62. The molecule has 2 aromatic rings. The van der Waals surface area contributed by atoms with E-state index >= 15 is 0 Å². The van der Waals surface area contributed by atoms with Crippen molar-refractivity contribution in [3.8, 4) is 0 Å². The van der Waals surface area contributed by atoms with Crippen LogP contribution in [-0.4, -0.2) is 23.4 Å². The molecule has 0 aliphatic rings. The van der Waals surface area contributed by atoms with Gasteiger partial charge in [0.1, 0.15) is 0 Å². The summed E-state index contributed by atoms with van der Waals surface area (Å²) in [4.78, 5) is 33.7. The van der Waals surface area contributed by atoms with Gasteiger partial charge in [-0.3, -0.25) is 19.7 Å². The normalized spacial score (nSPS) is 10.2. The highest BCUT2D eigenvalue weighted by molar-refractivity contribution is 5.93. The molecule has 2 rings (SSSR count). The maximum Gasteiger partial charge on any atom is 0.310 e. The Hall–Kier alpha value is -3.22. The number of nitro groups is 1. The van der Waals surface area contributed by atoms with Gasteiger partial charge in [-0.15, -0.1) is 0 Å². The molecule has 0 bridgehead atoms. The van der Waals surface area contributed by atoms with Gasteiger partial charge in [-0.2, -0.15) is 0 Å². The molecule has 0 saturated heterocycles. The fourth-order valence-electron chi connectivity index (χ4n) is 2.17. The van der Waals surface area contributed by atoms with Crippen molar-refractivity contribution in [1.29, 1.82) is 0 Å². The molecule has 0 radical (unpaired) electrons. The monoisotopic (exact) mass is 342 g/mol. The van der Waals surface area contributed by atoms with Crippen LogP contribution in [0.15, 0.2) is 42.5 Å². The average molecular weight is 342 g/mol. The number of nitro benzene ring substituents is 1. The molecule has 1 N–H and O–H groups in total. The molecule has 0 heterocycles. The quantitative estimate of drug-likeness (QED) is 0.494. The smallest absolute Gasteiger partial charge is 0.310 e. The molecular weight excluding hydrogens is 324 g/mol. The Labute approximate surface area is 144 Å². The molecule has 7 heteroatoms. The number of aryl methyl sites for hydroxylation is 2. The predicted molar refractivity (Wildman–Crippen MR) is 92.3 cm³/mol. The van der Waals surface area contributed by atoms with Crippen LogP contribution in [0.3, 0.4) is 0 Å². The molecule has 25 heavy (non-hydrogen) atoms. The topological polar surface area (TPSA) is 98.5 Å². The van der Waals surface area contributed by atoms with Crippen LogP contribution in [0.5, 0.6) is 0 Å². The zero-order valence-corrected chi connectivity index (χ0v) is 13.9. The summed E-state index contributed by atoms with van der Waals surface area (Å²) in [5.74, 6) is -1.08. The van der Waals surface area contributed by atoms with Gasteiger partial charge in [0.2, 0.25) is 0 Å². The lowest BCUT2D eigenvalue weighted by Gasteiger charge is -2.08. The maximum absolute atomic E-state index is 11.8. The Morgan fingerprint density at radius 1 is 1.12 bits per heavy atom. The van der Waals surface area contributed by atoms with Gasteiger partial charge in [0, 0.05) is 17.8 Å². The van der Waals surface area contributed by atoms with Gasteiger partial charge < -0.3 is 10.1 Å². The first kappa shape index (κ1) is 18.1. The van der Waals surface area contributed by atoms with Crippen LogP contribution < -0.4 is 5.32 Å². The Morgan fingerprint density at radius 2 is 1.88 bits per heavy atom. The summed E-state index contributed by atoms with van der Waals surface area (Å²) in [5.41, 5.74) is 3.16. The van der Waals surface area contributed by atoms with Crippen LogP contribution in [0.2, 0.25) is 0 Å². The van der Waals surface area contributed by atoms with Gasteiger partial charge >= 0.3 is 5.97 Å². The van der Waals surface area contributed by atoms with Crippen molar-refractivity contribution in [3.05, 3.63) is 69.3 Å². The Morgan fingerprint density at radius 3 is 2.56 bits per heavy atom. The Bertz CT molecular complexity index is 817. The van der Waals surface area contributed by atoms with E-state index in [9.17, 15) is 19.7 Å². The largest absolute Gasteiger partial charge is 0.455 e. The molecule has 0 spiro atoms.